The highest BCUT2D eigenvalue weighted by Gasteiger charge is 2.15. The van der Waals surface area contributed by atoms with Crippen molar-refractivity contribution in [2.45, 2.75) is 33.3 Å². The average molecular weight is 207 g/mol. The van der Waals surface area contributed by atoms with Gasteiger partial charge in [0, 0.05) is 0 Å². The number of primary amides is 1. The highest BCUT2D eigenvalue weighted by atomic mass is 16.5. The molecule has 0 aromatic heterocycles. The molecule has 1 aromatic rings. The molecule has 0 heterocycles. The van der Waals surface area contributed by atoms with E-state index >= 15 is 0 Å². The monoisotopic (exact) mass is 207 g/mol. The zero-order chi connectivity index (χ0) is 11.4. The Morgan fingerprint density at radius 1 is 1.47 bits per heavy atom. The molecule has 82 valence electrons. The Labute approximate surface area is 90.2 Å². The minimum absolute atomic E-state index is 0.419. The third-order valence-electron chi connectivity index (χ3n) is 2.29. The molecule has 0 aliphatic heterocycles. The van der Waals surface area contributed by atoms with Gasteiger partial charge in [0.2, 0.25) is 0 Å². The smallest absolute Gasteiger partial charge is 0.258 e. The van der Waals surface area contributed by atoms with Gasteiger partial charge in [0.25, 0.3) is 5.91 Å². The first kappa shape index (κ1) is 11.6. The standard InChI is InChI=1S/C12H17NO2/c1-4-10(12(13)14)15-11-6-5-8(2)7-9(11)3/h5-7,10H,4H2,1-3H3,(H2,13,14). The van der Waals surface area contributed by atoms with E-state index in [-0.39, 0.29) is 0 Å². The van der Waals surface area contributed by atoms with Crippen LogP contribution in [-0.2, 0) is 4.79 Å². The molecule has 1 atom stereocenters. The summed E-state index contributed by atoms with van der Waals surface area (Å²) >= 11 is 0. The molecule has 0 spiro atoms. The lowest BCUT2D eigenvalue weighted by molar-refractivity contribution is -0.124. The molecule has 2 N–H and O–H groups in total. The molecule has 3 nitrogen and oxygen atoms in total. The maximum atomic E-state index is 11.0. The van der Waals surface area contributed by atoms with Crippen LogP contribution in [-0.4, -0.2) is 12.0 Å². The van der Waals surface area contributed by atoms with Crippen molar-refractivity contribution < 1.29 is 9.53 Å². The lowest BCUT2D eigenvalue weighted by Gasteiger charge is -2.16. The first-order valence-corrected chi connectivity index (χ1v) is 5.07. The van der Waals surface area contributed by atoms with Gasteiger partial charge in [0.05, 0.1) is 0 Å². The molecule has 0 bridgehead atoms. The summed E-state index contributed by atoms with van der Waals surface area (Å²) in [6.07, 6.45) is 0.0502. The van der Waals surface area contributed by atoms with Crippen LogP contribution in [0, 0.1) is 13.8 Å². The van der Waals surface area contributed by atoms with Gasteiger partial charge in [-0.1, -0.05) is 24.6 Å². The van der Waals surface area contributed by atoms with Crippen LogP contribution in [0.25, 0.3) is 0 Å². The maximum Gasteiger partial charge on any atom is 0.258 e. The number of carbonyl (C=O) groups is 1. The normalized spacial score (nSPS) is 12.2. The van der Waals surface area contributed by atoms with Gasteiger partial charge in [0.1, 0.15) is 5.75 Å². The van der Waals surface area contributed by atoms with E-state index in [1.807, 2.05) is 39.0 Å². The molecule has 0 aliphatic carbocycles. The van der Waals surface area contributed by atoms with Crippen molar-refractivity contribution in [1.29, 1.82) is 0 Å². The van der Waals surface area contributed by atoms with Crippen molar-refractivity contribution in [1.82, 2.24) is 0 Å². The Morgan fingerprint density at radius 2 is 2.13 bits per heavy atom. The molecule has 1 unspecified atom stereocenters. The number of rotatable bonds is 4. The van der Waals surface area contributed by atoms with Crippen molar-refractivity contribution in [2.24, 2.45) is 5.73 Å². The zero-order valence-electron chi connectivity index (χ0n) is 9.41. The summed E-state index contributed by atoms with van der Waals surface area (Å²) in [5.74, 6) is 0.309. The Kier molecular flexibility index (Phi) is 3.72. The van der Waals surface area contributed by atoms with Crippen LogP contribution in [0.1, 0.15) is 24.5 Å². The quantitative estimate of drug-likeness (QED) is 0.820. The summed E-state index contributed by atoms with van der Waals surface area (Å²) in [4.78, 5) is 11.0. The average Bonchev–Trinajstić information content (AvgIpc) is 2.16. The Hall–Kier alpha value is -1.51. The Bertz CT molecular complexity index is 361. The van der Waals surface area contributed by atoms with Crippen molar-refractivity contribution in [3.8, 4) is 5.75 Å². The summed E-state index contributed by atoms with van der Waals surface area (Å²) in [7, 11) is 0. The molecule has 1 rings (SSSR count). The zero-order valence-corrected chi connectivity index (χ0v) is 9.41. The topological polar surface area (TPSA) is 52.3 Å². The summed E-state index contributed by atoms with van der Waals surface area (Å²) < 4.78 is 5.54. The van der Waals surface area contributed by atoms with Crippen molar-refractivity contribution in [3.05, 3.63) is 29.3 Å². The van der Waals surface area contributed by atoms with Gasteiger partial charge >= 0.3 is 0 Å². The van der Waals surface area contributed by atoms with Crippen LogP contribution in [0.15, 0.2) is 18.2 Å². The summed E-state index contributed by atoms with van der Waals surface area (Å²) in [6.45, 7) is 5.84. The van der Waals surface area contributed by atoms with Crippen LogP contribution in [0.5, 0.6) is 5.75 Å². The van der Waals surface area contributed by atoms with Crippen LogP contribution in [0.4, 0.5) is 0 Å². The number of amides is 1. The number of carbonyl (C=O) groups excluding carboxylic acids is 1. The van der Waals surface area contributed by atoms with E-state index in [1.165, 1.54) is 5.56 Å². The van der Waals surface area contributed by atoms with Gasteiger partial charge in [0.15, 0.2) is 6.10 Å². The number of benzene rings is 1. The van der Waals surface area contributed by atoms with Gasteiger partial charge in [-0.25, -0.2) is 0 Å². The molecular formula is C12H17NO2. The van der Waals surface area contributed by atoms with Crippen LogP contribution < -0.4 is 10.5 Å². The van der Waals surface area contributed by atoms with E-state index < -0.39 is 12.0 Å². The third kappa shape index (κ3) is 2.98. The van der Waals surface area contributed by atoms with E-state index in [1.54, 1.807) is 0 Å². The minimum atomic E-state index is -0.536. The fraction of sp³-hybridized carbons (Fsp3) is 0.417. The molecule has 0 saturated carbocycles. The highest BCUT2D eigenvalue weighted by Crippen LogP contribution is 2.20. The van der Waals surface area contributed by atoms with Crippen molar-refractivity contribution in [2.75, 3.05) is 0 Å². The number of aryl methyl sites for hydroxylation is 2. The Morgan fingerprint density at radius 3 is 2.60 bits per heavy atom. The molecule has 15 heavy (non-hydrogen) atoms. The molecule has 0 saturated heterocycles. The lowest BCUT2D eigenvalue weighted by Crippen LogP contribution is -2.33. The van der Waals surface area contributed by atoms with E-state index in [4.69, 9.17) is 10.5 Å². The molecule has 0 fully saturated rings. The van der Waals surface area contributed by atoms with Gasteiger partial charge in [-0.15, -0.1) is 0 Å². The first-order chi connectivity index (χ1) is 7.04. The molecule has 0 radical (unpaired) electrons. The number of nitrogens with two attached hydrogens (primary N) is 1. The summed E-state index contributed by atoms with van der Waals surface area (Å²) in [5.41, 5.74) is 7.41. The van der Waals surface area contributed by atoms with Gasteiger partial charge in [-0.2, -0.15) is 0 Å². The molecule has 3 heteroatoms. The van der Waals surface area contributed by atoms with Crippen LogP contribution in [0.3, 0.4) is 0 Å². The molecule has 1 amide bonds. The van der Waals surface area contributed by atoms with E-state index in [0.29, 0.717) is 6.42 Å². The van der Waals surface area contributed by atoms with Gasteiger partial charge in [-0.05, 0) is 31.9 Å². The fourth-order valence-electron chi connectivity index (χ4n) is 1.43. The lowest BCUT2D eigenvalue weighted by atomic mass is 10.1. The SMILES string of the molecule is CCC(Oc1ccc(C)cc1C)C(N)=O. The predicted molar refractivity (Wildman–Crippen MR) is 59.8 cm³/mol. The second kappa shape index (κ2) is 4.82. The summed E-state index contributed by atoms with van der Waals surface area (Å²) in [6, 6.07) is 5.84. The van der Waals surface area contributed by atoms with E-state index in [0.717, 1.165) is 11.3 Å². The minimum Gasteiger partial charge on any atom is -0.480 e. The largest absolute Gasteiger partial charge is 0.480 e. The van der Waals surface area contributed by atoms with Crippen LogP contribution >= 0.6 is 0 Å². The second-order valence-corrected chi connectivity index (χ2v) is 3.69. The molecule has 1 aromatic carbocycles. The van der Waals surface area contributed by atoms with E-state index in [9.17, 15) is 4.79 Å². The van der Waals surface area contributed by atoms with Gasteiger partial charge < -0.3 is 10.5 Å². The molecule has 0 aliphatic rings. The maximum absolute atomic E-state index is 11.0. The van der Waals surface area contributed by atoms with Crippen molar-refractivity contribution in [3.63, 3.8) is 0 Å². The van der Waals surface area contributed by atoms with Crippen LogP contribution in [0.2, 0.25) is 0 Å². The highest BCUT2D eigenvalue weighted by molar-refractivity contribution is 5.79. The van der Waals surface area contributed by atoms with Gasteiger partial charge in [-0.3, -0.25) is 4.79 Å². The first-order valence-electron chi connectivity index (χ1n) is 5.07. The Balaban J connectivity index is 2.84. The predicted octanol–water partition coefficient (Wildman–Crippen LogP) is 1.95. The number of ether oxygens (including phenoxy) is 1. The van der Waals surface area contributed by atoms with E-state index in [2.05, 4.69) is 0 Å². The summed E-state index contributed by atoms with van der Waals surface area (Å²) in [5, 5.41) is 0. The molecular weight excluding hydrogens is 190 g/mol. The number of hydrogen-bond acceptors (Lipinski definition) is 2. The third-order valence-corrected chi connectivity index (χ3v) is 2.29. The fourth-order valence-corrected chi connectivity index (χ4v) is 1.43. The number of hydrogen-bond donors (Lipinski definition) is 1. The second-order valence-electron chi connectivity index (χ2n) is 3.69. The van der Waals surface area contributed by atoms with Crippen molar-refractivity contribution >= 4 is 5.91 Å².